The highest BCUT2D eigenvalue weighted by molar-refractivity contribution is 7.13. The van der Waals surface area contributed by atoms with E-state index in [0.29, 0.717) is 5.13 Å². The van der Waals surface area contributed by atoms with Gasteiger partial charge in [-0.3, -0.25) is 4.90 Å². The highest BCUT2D eigenvalue weighted by atomic mass is 32.1. The fourth-order valence-electron chi connectivity index (χ4n) is 2.14. The van der Waals surface area contributed by atoms with Crippen LogP contribution < -0.4 is 5.73 Å². The molecule has 2 aromatic rings. The van der Waals surface area contributed by atoms with Gasteiger partial charge in [0.1, 0.15) is 0 Å². The van der Waals surface area contributed by atoms with E-state index in [2.05, 4.69) is 34.1 Å². The van der Waals surface area contributed by atoms with Gasteiger partial charge < -0.3 is 5.73 Å². The van der Waals surface area contributed by atoms with Crippen LogP contribution in [0.4, 0.5) is 5.13 Å². The molecular formula is C12H13N3S. The minimum atomic E-state index is 0.659. The number of rotatable bonds is 2. The summed E-state index contributed by atoms with van der Waals surface area (Å²) in [5.74, 6) is 0. The lowest BCUT2D eigenvalue weighted by atomic mass is 10.1. The number of benzene rings is 1. The summed E-state index contributed by atoms with van der Waals surface area (Å²) in [6, 6.07) is 8.60. The van der Waals surface area contributed by atoms with Crippen molar-refractivity contribution in [2.45, 2.75) is 19.6 Å². The fourth-order valence-corrected chi connectivity index (χ4v) is 2.69. The average Bonchev–Trinajstić information content (AvgIpc) is 2.84. The van der Waals surface area contributed by atoms with E-state index in [0.717, 1.165) is 25.3 Å². The van der Waals surface area contributed by atoms with Gasteiger partial charge >= 0.3 is 0 Å². The molecule has 1 aromatic carbocycles. The third-order valence-electron chi connectivity index (χ3n) is 2.86. The molecule has 16 heavy (non-hydrogen) atoms. The van der Waals surface area contributed by atoms with E-state index in [1.54, 1.807) is 0 Å². The van der Waals surface area contributed by atoms with Crippen molar-refractivity contribution >= 4 is 16.5 Å². The van der Waals surface area contributed by atoms with E-state index in [-0.39, 0.29) is 0 Å². The lowest BCUT2D eigenvalue weighted by Crippen LogP contribution is -2.15. The number of nitrogens with zero attached hydrogens (tertiary/aromatic N) is 2. The Morgan fingerprint density at radius 1 is 1.25 bits per heavy atom. The summed E-state index contributed by atoms with van der Waals surface area (Å²) in [6.07, 6.45) is 0. The van der Waals surface area contributed by atoms with Crippen molar-refractivity contribution < 1.29 is 0 Å². The highest BCUT2D eigenvalue weighted by Gasteiger charge is 2.18. The van der Waals surface area contributed by atoms with Gasteiger partial charge in [0.25, 0.3) is 0 Å². The molecule has 0 aliphatic carbocycles. The Bertz CT molecular complexity index is 481. The lowest BCUT2D eigenvalue weighted by molar-refractivity contribution is 0.273. The maximum atomic E-state index is 5.63. The summed E-state index contributed by atoms with van der Waals surface area (Å²) in [5, 5.41) is 2.70. The molecule has 1 aliphatic rings. The normalized spacial score (nSPS) is 15.2. The second-order valence-corrected chi connectivity index (χ2v) is 4.98. The molecule has 0 unspecified atom stereocenters. The molecule has 0 saturated carbocycles. The molecule has 0 saturated heterocycles. The van der Waals surface area contributed by atoms with Crippen LogP contribution in [-0.2, 0) is 19.6 Å². The summed E-state index contributed by atoms with van der Waals surface area (Å²) < 4.78 is 0. The van der Waals surface area contributed by atoms with Crippen molar-refractivity contribution in [2.75, 3.05) is 5.73 Å². The van der Waals surface area contributed by atoms with Crippen molar-refractivity contribution in [3.8, 4) is 0 Å². The largest absolute Gasteiger partial charge is 0.375 e. The first-order valence-corrected chi connectivity index (χ1v) is 6.18. The molecule has 3 nitrogen and oxygen atoms in total. The number of anilines is 1. The van der Waals surface area contributed by atoms with Crippen LogP contribution in [0.15, 0.2) is 29.6 Å². The summed E-state index contributed by atoms with van der Waals surface area (Å²) in [6.45, 7) is 2.93. The predicted molar refractivity (Wildman–Crippen MR) is 65.9 cm³/mol. The molecule has 3 rings (SSSR count). The van der Waals surface area contributed by atoms with Crippen LogP contribution in [0.25, 0.3) is 0 Å². The molecule has 1 aromatic heterocycles. The third-order valence-corrected chi connectivity index (χ3v) is 3.58. The number of aromatic nitrogens is 1. The highest BCUT2D eigenvalue weighted by Crippen LogP contribution is 2.24. The van der Waals surface area contributed by atoms with Crippen molar-refractivity contribution in [1.29, 1.82) is 0 Å². The molecule has 0 radical (unpaired) electrons. The van der Waals surface area contributed by atoms with Crippen LogP contribution >= 0.6 is 11.3 Å². The van der Waals surface area contributed by atoms with E-state index in [9.17, 15) is 0 Å². The molecular weight excluding hydrogens is 218 g/mol. The second kappa shape index (κ2) is 3.88. The number of nitrogen functional groups attached to an aromatic ring is 1. The number of nitrogens with two attached hydrogens (primary N) is 1. The minimum absolute atomic E-state index is 0.659. The van der Waals surface area contributed by atoms with E-state index in [1.165, 1.54) is 22.5 Å². The van der Waals surface area contributed by atoms with Gasteiger partial charge in [-0.05, 0) is 11.1 Å². The van der Waals surface area contributed by atoms with Gasteiger partial charge in [0, 0.05) is 25.0 Å². The van der Waals surface area contributed by atoms with Gasteiger partial charge in [-0.15, -0.1) is 11.3 Å². The predicted octanol–water partition coefficient (Wildman–Crippen LogP) is 2.24. The summed E-state index contributed by atoms with van der Waals surface area (Å²) >= 11 is 1.51. The maximum absolute atomic E-state index is 5.63. The van der Waals surface area contributed by atoms with Crippen molar-refractivity contribution in [1.82, 2.24) is 9.88 Å². The molecule has 0 fully saturated rings. The third kappa shape index (κ3) is 1.81. The molecule has 82 valence electrons. The topological polar surface area (TPSA) is 42.1 Å². The molecule has 2 heterocycles. The van der Waals surface area contributed by atoms with Gasteiger partial charge in [-0.1, -0.05) is 24.3 Å². The first-order chi connectivity index (χ1) is 7.81. The minimum Gasteiger partial charge on any atom is -0.375 e. The zero-order chi connectivity index (χ0) is 11.0. The quantitative estimate of drug-likeness (QED) is 0.862. The van der Waals surface area contributed by atoms with E-state index < -0.39 is 0 Å². The number of hydrogen-bond acceptors (Lipinski definition) is 4. The fraction of sp³-hybridized carbons (Fsp3) is 0.250. The Kier molecular flexibility index (Phi) is 2.38. The summed E-state index contributed by atoms with van der Waals surface area (Å²) in [7, 11) is 0. The second-order valence-electron chi connectivity index (χ2n) is 4.09. The molecule has 0 atom stereocenters. The number of hydrogen-bond donors (Lipinski definition) is 1. The van der Waals surface area contributed by atoms with E-state index in [1.807, 2.05) is 5.38 Å². The number of thiazole rings is 1. The first kappa shape index (κ1) is 9.81. The first-order valence-electron chi connectivity index (χ1n) is 5.30. The van der Waals surface area contributed by atoms with Crippen molar-refractivity contribution in [3.63, 3.8) is 0 Å². The summed E-state index contributed by atoms with van der Waals surface area (Å²) in [5.41, 5.74) is 9.58. The van der Waals surface area contributed by atoms with Gasteiger partial charge in [-0.25, -0.2) is 4.98 Å². The van der Waals surface area contributed by atoms with Crippen LogP contribution in [0, 0.1) is 0 Å². The zero-order valence-corrected chi connectivity index (χ0v) is 9.70. The van der Waals surface area contributed by atoms with Crippen LogP contribution in [0.3, 0.4) is 0 Å². The Morgan fingerprint density at radius 2 is 1.94 bits per heavy atom. The van der Waals surface area contributed by atoms with Gasteiger partial charge in [-0.2, -0.15) is 0 Å². The molecule has 2 N–H and O–H groups in total. The zero-order valence-electron chi connectivity index (χ0n) is 8.89. The molecule has 1 aliphatic heterocycles. The Balaban J connectivity index is 1.72. The molecule has 0 spiro atoms. The molecule has 4 heteroatoms. The Morgan fingerprint density at radius 3 is 2.50 bits per heavy atom. The summed E-state index contributed by atoms with van der Waals surface area (Å²) in [4.78, 5) is 6.68. The SMILES string of the molecule is Nc1nc(CN2Cc3ccccc3C2)cs1. The Hall–Kier alpha value is -1.39. The van der Waals surface area contributed by atoms with E-state index >= 15 is 0 Å². The lowest BCUT2D eigenvalue weighted by Gasteiger charge is -2.12. The maximum Gasteiger partial charge on any atom is 0.180 e. The monoisotopic (exact) mass is 231 g/mol. The Labute approximate surface area is 98.5 Å². The molecule has 0 amide bonds. The van der Waals surface area contributed by atoms with Crippen LogP contribution in [0.5, 0.6) is 0 Å². The van der Waals surface area contributed by atoms with Crippen molar-refractivity contribution in [3.05, 3.63) is 46.5 Å². The van der Waals surface area contributed by atoms with Crippen LogP contribution in [-0.4, -0.2) is 9.88 Å². The van der Waals surface area contributed by atoms with E-state index in [4.69, 9.17) is 5.73 Å². The van der Waals surface area contributed by atoms with Gasteiger partial charge in [0.15, 0.2) is 5.13 Å². The standard InChI is InChI=1S/C12H13N3S/c13-12-14-11(8-16-12)7-15-5-9-3-1-2-4-10(9)6-15/h1-4,8H,5-7H2,(H2,13,14). The van der Waals surface area contributed by atoms with Crippen LogP contribution in [0.2, 0.25) is 0 Å². The smallest absolute Gasteiger partial charge is 0.180 e. The van der Waals surface area contributed by atoms with Gasteiger partial charge in [0.05, 0.1) is 5.69 Å². The van der Waals surface area contributed by atoms with Crippen molar-refractivity contribution in [2.24, 2.45) is 0 Å². The average molecular weight is 231 g/mol. The van der Waals surface area contributed by atoms with Crippen LogP contribution in [0.1, 0.15) is 16.8 Å². The molecule has 0 bridgehead atoms. The van der Waals surface area contributed by atoms with Gasteiger partial charge in [0.2, 0.25) is 0 Å². The number of fused-ring (bicyclic) bond motifs is 1.